The van der Waals surface area contributed by atoms with Crippen molar-refractivity contribution in [3.05, 3.63) is 53.9 Å². The van der Waals surface area contributed by atoms with Crippen molar-refractivity contribution >= 4 is 11.8 Å². The molecule has 0 amide bonds. The summed E-state index contributed by atoms with van der Waals surface area (Å²) in [5, 5.41) is 17.2. The average Bonchev–Trinajstić information content (AvgIpc) is 3.15. The van der Waals surface area contributed by atoms with Crippen LogP contribution in [0.4, 0.5) is 13.2 Å². The third-order valence-electron chi connectivity index (χ3n) is 6.82. The van der Waals surface area contributed by atoms with Crippen molar-refractivity contribution < 1.29 is 13.2 Å². The molecule has 5 rings (SSSR count). The maximum Gasteiger partial charge on any atom is 0.416 e. The van der Waals surface area contributed by atoms with E-state index in [0.717, 1.165) is 66.8 Å². The molecule has 1 saturated carbocycles. The Morgan fingerprint density at radius 3 is 2.67 bits per heavy atom. The minimum Gasteiger partial charge on any atom is -0.305 e. The second kappa shape index (κ2) is 8.72. The molecule has 6 nitrogen and oxygen atoms in total. The van der Waals surface area contributed by atoms with Crippen LogP contribution in [0.3, 0.4) is 0 Å². The maximum atomic E-state index is 12.8. The predicted octanol–water partition coefficient (Wildman–Crippen LogP) is 4.65. The van der Waals surface area contributed by atoms with E-state index in [4.69, 9.17) is 0 Å². The molecule has 1 saturated heterocycles. The Morgan fingerprint density at radius 1 is 1.12 bits per heavy atom. The number of hydrogen-bond acceptors (Lipinski definition) is 6. The molecule has 1 aliphatic heterocycles. The molecule has 10 heteroatoms. The fourth-order valence-electron chi connectivity index (χ4n) is 4.92. The Hall–Kier alpha value is -2.46. The standard InChI is InChI=1S/C23H25F3N6S/c1-31-20(17-7-9-27-28-14-17)29-30-21(31)33-12-2-10-32-11-8-22(15-32)13-19(22)16-3-5-18(6-4-16)23(24,25)26/h3-7,9,14,19H,2,8,10-13,15H2,1H3/t19-,22+/m0/s1. The van der Waals surface area contributed by atoms with E-state index in [1.54, 1.807) is 36.3 Å². The summed E-state index contributed by atoms with van der Waals surface area (Å²) in [6.07, 6.45) is 2.29. The first-order chi connectivity index (χ1) is 15.9. The molecular formula is C23H25F3N6S. The summed E-state index contributed by atoms with van der Waals surface area (Å²) in [5.74, 6) is 2.11. The van der Waals surface area contributed by atoms with Gasteiger partial charge in [0.1, 0.15) is 0 Å². The van der Waals surface area contributed by atoms with Crippen LogP contribution in [0.5, 0.6) is 0 Å². The molecule has 2 fully saturated rings. The minimum absolute atomic E-state index is 0.254. The summed E-state index contributed by atoms with van der Waals surface area (Å²) in [4.78, 5) is 2.50. The third-order valence-corrected chi connectivity index (χ3v) is 7.93. The van der Waals surface area contributed by atoms with Crippen LogP contribution in [0, 0.1) is 5.41 Å². The first-order valence-corrected chi connectivity index (χ1v) is 12.0. The number of rotatable bonds is 7. The predicted molar refractivity (Wildman–Crippen MR) is 120 cm³/mol. The van der Waals surface area contributed by atoms with Gasteiger partial charge in [0.25, 0.3) is 0 Å². The molecule has 3 aromatic rings. The molecule has 1 aliphatic carbocycles. The monoisotopic (exact) mass is 474 g/mol. The zero-order chi connectivity index (χ0) is 23.1. The van der Waals surface area contributed by atoms with Crippen molar-refractivity contribution in [1.29, 1.82) is 0 Å². The zero-order valence-electron chi connectivity index (χ0n) is 18.3. The lowest BCUT2D eigenvalue weighted by Gasteiger charge is -2.16. The number of halogens is 3. The van der Waals surface area contributed by atoms with Gasteiger partial charge in [-0.3, -0.25) is 0 Å². The molecule has 0 unspecified atom stereocenters. The highest BCUT2D eigenvalue weighted by atomic mass is 32.2. The maximum absolute atomic E-state index is 12.8. The number of aromatic nitrogens is 5. The molecule has 2 atom stereocenters. The van der Waals surface area contributed by atoms with Gasteiger partial charge in [0.15, 0.2) is 11.0 Å². The van der Waals surface area contributed by atoms with Gasteiger partial charge in [-0.05, 0) is 67.4 Å². The van der Waals surface area contributed by atoms with Gasteiger partial charge < -0.3 is 9.47 Å². The lowest BCUT2D eigenvalue weighted by molar-refractivity contribution is -0.137. The van der Waals surface area contributed by atoms with Crippen LogP contribution in [0.1, 0.15) is 36.3 Å². The van der Waals surface area contributed by atoms with Crippen LogP contribution >= 0.6 is 11.8 Å². The molecule has 0 radical (unpaired) electrons. The van der Waals surface area contributed by atoms with Crippen molar-refractivity contribution in [3.8, 4) is 11.4 Å². The van der Waals surface area contributed by atoms with Gasteiger partial charge in [-0.2, -0.15) is 23.4 Å². The second-order valence-corrected chi connectivity index (χ2v) is 10.0. The van der Waals surface area contributed by atoms with Crippen LogP contribution in [0.2, 0.25) is 0 Å². The molecule has 0 N–H and O–H groups in total. The Balaban J connectivity index is 1.09. The van der Waals surface area contributed by atoms with Crippen LogP contribution in [0.25, 0.3) is 11.4 Å². The van der Waals surface area contributed by atoms with Crippen molar-refractivity contribution in [1.82, 2.24) is 29.9 Å². The summed E-state index contributed by atoms with van der Waals surface area (Å²) in [6, 6.07) is 7.63. The summed E-state index contributed by atoms with van der Waals surface area (Å²) in [5.41, 5.74) is 1.62. The van der Waals surface area contributed by atoms with E-state index in [-0.39, 0.29) is 5.41 Å². The molecule has 0 bridgehead atoms. The Labute approximate surface area is 194 Å². The van der Waals surface area contributed by atoms with E-state index in [1.165, 1.54) is 12.1 Å². The average molecular weight is 475 g/mol. The lowest BCUT2D eigenvalue weighted by Crippen LogP contribution is -2.23. The summed E-state index contributed by atoms with van der Waals surface area (Å²) < 4.78 is 40.4. The van der Waals surface area contributed by atoms with E-state index >= 15 is 0 Å². The summed E-state index contributed by atoms with van der Waals surface area (Å²) in [7, 11) is 1.96. The van der Waals surface area contributed by atoms with Gasteiger partial charge in [0.2, 0.25) is 0 Å². The van der Waals surface area contributed by atoms with Crippen molar-refractivity contribution in [2.75, 3.05) is 25.4 Å². The highest BCUT2D eigenvalue weighted by molar-refractivity contribution is 7.99. The molecule has 2 aliphatic rings. The van der Waals surface area contributed by atoms with Crippen molar-refractivity contribution in [2.24, 2.45) is 12.5 Å². The van der Waals surface area contributed by atoms with Crippen LogP contribution in [-0.2, 0) is 13.2 Å². The third kappa shape index (κ3) is 4.63. The number of benzene rings is 1. The van der Waals surface area contributed by atoms with Crippen molar-refractivity contribution in [3.63, 3.8) is 0 Å². The van der Waals surface area contributed by atoms with Gasteiger partial charge >= 0.3 is 6.18 Å². The first-order valence-electron chi connectivity index (χ1n) is 11.0. The Kier molecular flexibility index (Phi) is 5.90. The van der Waals surface area contributed by atoms with Crippen LogP contribution in [0.15, 0.2) is 47.9 Å². The number of nitrogens with zero attached hydrogens (tertiary/aromatic N) is 6. The fraction of sp³-hybridized carbons (Fsp3) is 0.478. The Bertz CT molecular complexity index is 1100. The molecule has 1 aromatic carbocycles. The SMILES string of the molecule is Cn1c(SCCCN2CC[C@@]3(C[C@H]3c3ccc(C(F)(F)F)cc3)C2)nnc1-c1ccnnc1. The second-order valence-electron chi connectivity index (χ2n) is 8.96. The fourth-order valence-corrected chi connectivity index (χ4v) is 5.75. The van der Waals surface area contributed by atoms with Gasteiger partial charge in [-0.1, -0.05) is 23.9 Å². The van der Waals surface area contributed by atoms with E-state index in [9.17, 15) is 13.2 Å². The summed E-state index contributed by atoms with van der Waals surface area (Å²) in [6.45, 7) is 3.12. The number of alkyl halides is 3. The molecular weight excluding hydrogens is 449 g/mol. The highest BCUT2D eigenvalue weighted by Crippen LogP contribution is 2.64. The van der Waals surface area contributed by atoms with Crippen LogP contribution in [-0.4, -0.2) is 55.2 Å². The Morgan fingerprint density at radius 2 is 1.94 bits per heavy atom. The zero-order valence-corrected chi connectivity index (χ0v) is 19.1. The lowest BCUT2D eigenvalue weighted by atomic mass is 9.97. The summed E-state index contributed by atoms with van der Waals surface area (Å²) >= 11 is 1.70. The largest absolute Gasteiger partial charge is 0.416 e. The van der Waals surface area contributed by atoms with Gasteiger partial charge in [-0.25, -0.2) is 0 Å². The quantitative estimate of drug-likeness (QED) is 0.367. The van der Waals surface area contributed by atoms with Crippen LogP contribution < -0.4 is 0 Å². The molecule has 1 spiro atoms. The topological polar surface area (TPSA) is 59.7 Å². The molecule has 3 heterocycles. The van der Waals surface area contributed by atoms with Gasteiger partial charge in [0.05, 0.1) is 18.0 Å². The van der Waals surface area contributed by atoms with E-state index in [0.29, 0.717) is 5.92 Å². The van der Waals surface area contributed by atoms with E-state index in [2.05, 4.69) is 25.3 Å². The van der Waals surface area contributed by atoms with Crippen molar-refractivity contribution in [2.45, 2.75) is 36.5 Å². The van der Waals surface area contributed by atoms with E-state index in [1.807, 2.05) is 17.7 Å². The molecule has 2 aromatic heterocycles. The first kappa shape index (κ1) is 22.3. The molecule has 33 heavy (non-hydrogen) atoms. The minimum atomic E-state index is -4.27. The van der Waals surface area contributed by atoms with E-state index < -0.39 is 11.7 Å². The highest BCUT2D eigenvalue weighted by Gasteiger charge is 2.57. The normalized spacial score (nSPS) is 22.8. The van der Waals surface area contributed by atoms with Gasteiger partial charge in [-0.15, -0.1) is 10.2 Å². The van der Waals surface area contributed by atoms with Gasteiger partial charge in [0, 0.05) is 24.9 Å². The number of hydrogen-bond donors (Lipinski definition) is 0. The molecule has 174 valence electrons. The number of thioether (sulfide) groups is 1. The number of likely N-dealkylation sites (tertiary alicyclic amines) is 1. The smallest absolute Gasteiger partial charge is 0.305 e.